The van der Waals surface area contributed by atoms with Crippen LogP contribution in [0.3, 0.4) is 0 Å². The van der Waals surface area contributed by atoms with Gasteiger partial charge in [0.1, 0.15) is 5.76 Å². The predicted molar refractivity (Wildman–Crippen MR) is 118 cm³/mol. The van der Waals surface area contributed by atoms with Gasteiger partial charge >= 0.3 is 0 Å². The number of hydrogen-bond acceptors (Lipinski definition) is 6. The normalized spacial score (nSPS) is 15.4. The average Bonchev–Trinajstić information content (AvgIpc) is 3.41. The molecule has 1 amide bonds. The molecule has 0 spiro atoms. The van der Waals surface area contributed by atoms with Gasteiger partial charge in [0, 0.05) is 50.6 Å². The van der Waals surface area contributed by atoms with Crippen LogP contribution in [0, 0.1) is 0 Å². The molecular formula is C20H21ClN4O4S2. The zero-order valence-electron chi connectivity index (χ0n) is 16.8. The minimum Gasteiger partial charge on any atom is -0.455 e. The van der Waals surface area contributed by atoms with Crippen molar-refractivity contribution in [2.24, 2.45) is 7.05 Å². The van der Waals surface area contributed by atoms with Crippen molar-refractivity contribution in [1.29, 1.82) is 0 Å². The number of rotatable bonds is 6. The third-order valence-electron chi connectivity index (χ3n) is 4.97. The lowest BCUT2D eigenvalue weighted by atomic mass is 10.3. The SMILES string of the molecule is Cn1ccnc1SCc1ccc(C(=O)N2CCN(S(=O)(=O)c3ccc(Cl)cc3)CC2)o1. The summed E-state index contributed by atoms with van der Waals surface area (Å²) in [5.41, 5.74) is 0. The largest absolute Gasteiger partial charge is 0.455 e. The lowest BCUT2D eigenvalue weighted by Gasteiger charge is -2.33. The maximum absolute atomic E-state index is 12.8. The molecule has 1 aromatic carbocycles. The number of furan rings is 1. The van der Waals surface area contributed by atoms with Gasteiger partial charge in [0.15, 0.2) is 10.9 Å². The summed E-state index contributed by atoms with van der Waals surface area (Å²) in [5, 5.41) is 1.34. The fraction of sp³-hybridized carbons (Fsp3) is 0.300. The molecule has 3 aromatic rings. The van der Waals surface area contributed by atoms with Crippen LogP contribution in [0.5, 0.6) is 0 Å². The number of aromatic nitrogens is 2. The van der Waals surface area contributed by atoms with Gasteiger partial charge in [0.05, 0.1) is 10.6 Å². The number of benzene rings is 1. The molecule has 0 saturated carbocycles. The molecule has 1 aliphatic heterocycles. The van der Waals surface area contributed by atoms with E-state index in [0.717, 1.165) is 5.16 Å². The van der Waals surface area contributed by atoms with Crippen LogP contribution in [-0.4, -0.2) is 59.3 Å². The van der Waals surface area contributed by atoms with Crippen molar-refractivity contribution in [1.82, 2.24) is 18.8 Å². The summed E-state index contributed by atoms with van der Waals surface area (Å²) in [6.07, 6.45) is 3.60. The molecule has 0 radical (unpaired) electrons. The zero-order valence-corrected chi connectivity index (χ0v) is 19.2. The first-order valence-electron chi connectivity index (χ1n) is 9.58. The summed E-state index contributed by atoms with van der Waals surface area (Å²) >= 11 is 7.37. The Bertz CT molecular complexity index is 1170. The fourth-order valence-electron chi connectivity index (χ4n) is 3.24. The van der Waals surface area contributed by atoms with Crippen molar-refractivity contribution in [3.8, 4) is 0 Å². The van der Waals surface area contributed by atoms with Gasteiger partial charge < -0.3 is 13.9 Å². The highest BCUT2D eigenvalue weighted by atomic mass is 35.5. The number of sulfonamides is 1. The van der Waals surface area contributed by atoms with Crippen molar-refractivity contribution >= 4 is 39.3 Å². The second-order valence-corrected chi connectivity index (χ2v) is 10.3. The summed E-state index contributed by atoms with van der Waals surface area (Å²) < 4.78 is 34.6. The Morgan fingerprint density at radius 1 is 1.13 bits per heavy atom. The molecule has 4 rings (SSSR count). The van der Waals surface area contributed by atoms with E-state index in [-0.39, 0.29) is 29.7 Å². The van der Waals surface area contributed by atoms with Gasteiger partial charge in [-0.05, 0) is 36.4 Å². The minimum absolute atomic E-state index is 0.192. The van der Waals surface area contributed by atoms with E-state index in [1.807, 2.05) is 17.8 Å². The first-order chi connectivity index (χ1) is 14.8. The lowest BCUT2D eigenvalue weighted by Crippen LogP contribution is -2.50. The number of imidazole rings is 1. The number of carbonyl (C=O) groups is 1. The third kappa shape index (κ3) is 4.82. The van der Waals surface area contributed by atoms with Crippen molar-refractivity contribution in [3.63, 3.8) is 0 Å². The Morgan fingerprint density at radius 2 is 1.84 bits per heavy atom. The van der Waals surface area contributed by atoms with Crippen LogP contribution in [0.4, 0.5) is 0 Å². The standard InChI is InChI=1S/C20H21ClN4O4S2/c1-23-9-8-22-20(23)30-14-16-4-7-18(29-16)19(26)24-10-12-25(13-11-24)31(27,28)17-5-2-15(21)3-6-17/h2-9H,10-14H2,1H3. The highest BCUT2D eigenvalue weighted by molar-refractivity contribution is 7.98. The Morgan fingerprint density at radius 3 is 2.48 bits per heavy atom. The number of halogens is 1. The molecule has 3 heterocycles. The predicted octanol–water partition coefficient (Wildman–Crippen LogP) is 3.11. The maximum atomic E-state index is 12.8. The van der Waals surface area contributed by atoms with Crippen molar-refractivity contribution in [3.05, 3.63) is 65.3 Å². The molecule has 1 saturated heterocycles. The van der Waals surface area contributed by atoms with Gasteiger partial charge in [-0.2, -0.15) is 4.31 Å². The zero-order chi connectivity index (χ0) is 22.0. The van der Waals surface area contributed by atoms with E-state index < -0.39 is 10.0 Å². The lowest BCUT2D eigenvalue weighted by molar-refractivity contribution is 0.0664. The van der Waals surface area contributed by atoms with E-state index in [1.54, 1.807) is 35.4 Å². The number of amides is 1. The fourth-order valence-corrected chi connectivity index (χ4v) is 5.61. The topological polar surface area (TPSA) is 88.7 Å². The van der Waals surface area contributed by atoms with Crippen LogP contribution in [0.2, 0.25) is 5.02 Å². The van der Waals surface area contributed by atoms with Gasteiger partial charge in [0.2, 0.25) is 10.0 Å². The minimum atomic E-state index is -3.62. The van der Waals surface area contributed by atoms with E-state index >= 15 is 0 Å². The van der Waals surface area contributed by atoms with E-state index in [4.69, 9.17) is 16.0 Å². The smallest absolute Gasteiger partial charge is 0.289 e. The summed E-state index contributed by atoms with van der Waals surface area (Å²) in [6, 6.07) is 9.52. The number of carbonyl (C=O) groups excluding carboxylic acids is 1. The molecule has 0 atom stereocenters. The second-order valence-electron chi connectivity index (χ2n) is 7.03. The van der Waals surface area contributed by atoms with Crippen molar-refractivity contribution < 1.29 is 17.6 Å². The highest BCUT2D eigenvalue weighted by Crippen LogP contribution is 2.24. The number of nitrogens with zero attached hydrogens (tertiary/aromatic N) is 4. The van der Waals surface area contributed by atoms with Gasteiger partial charge in [-0.3, -0.25) is 4.79 Å². The molecule has 0 bridgehead atoms. The monoisotopic (exact) mass is 480 g/mol. The third-order valence-corrected chi connectivity index (χ3v) is 8.22. The summed E-state index contributed by atoms with van der Waals surface area (Å²) in [7, 11) is -1.70. The van der Waals surface area contributed by atoms with Crippen LogP contribution < -0.4 is 0 Å². The van der Waals surface area contributed by atoms with Gasteiger partial charge in [-0.15, -0.1) is 0 Å². The molecule has 1 fully saturated rings. The Kier molecular flexibility index (Phi) is 6.42. The van der Waals surface area contributed by atoms with Crippen LogP contribution >= 0.6 is 23.4 Å². The highest BCUT2D eigenvalue weighted by Gasteiger charge is 2.31. The van der Waals surface area contributed by atoms with E-state index in [0.29, 0.717) is 29.6 Å². The van der Waals surface area contributed by atoms with E-state index in [1.165, 1.54) is 28.2 Å². The molecular weight excluding hydrogens is 460 g/mol. The van der Waals surface area contributed by atoms with Gasteiger partial charge in [0.25, 0.3) is 5.91 Å². The van der Waals surface area contributed by atoms with Crippen LogP contribution in [0.25, 0.3) is 0 Å². The first-order valence-corrected chi connectivity index (χ1v) is 12.4. The molecule has 164 valence electrons. The molecule has 11 heteroatoms. The number of thioether (sulfide) groups is 1. The number of piperazine rings is 1. The Labute approximate surface area is 189 Å². The Hall–Kier alpha value is -2.27. The molecule has 0 aliphatic carbocycles. The Balaban J connectivity index is 1.34. The molecule has 1 aliphatic rings. The number of aryl methyl sites for hydroxylation is 1. The van der Waals surface area contributed by atoms with Crippen molar-refractivity contribution in [2.75, 3.05) is 26.2 Å². The second kappa shape index (κ2) is 9.07. The summed E-state index contributed by atoms with van der Waals surface area (Å²) in [4.78, 5) is 18.8. The summed E-state index contributed by atoms with van der Waals surface area (Å²) in [5.74, 6) is 1.26. The van der Waals surface area contributed by atoms with Gasteiger partial charge in [-0.1, -0.05) is 23.4 Å². The van der Waals surface area contributed by atoms with Crippen molar-refractivity contribution in [2.45, 2.75) is 15.8 Å². The van der Waals surface area contributed by atoms with Crippen LogP contribution in [0.1, 0.15) is 16.3 Å². The number of hydrogen-bond donors (Lipinski definition) is 0. The van der Waals surface area contributed by atoms with Crippen LogP contribution in [0.15, 0.2) is 63.3 Å². The molecule has 31 heavy (non-hydrogen) atoms. The molecule has 8 nitrogen and oxygen atoms in total. The summed E-state index contributed by atoms with van der Waals surface area (Å²) in [6.45, 7) is 1.03. The van der Waals surface area contributed by atoms with E-state index in [9.17, 15) is 13.2 Å². The molecule has 0 N–H and O–H groups in total. The van der Waals surface area contributed by atoms with Gasteiger partial charge in [-0.25, -0.2) is 13.4 Å². The maximum Gasteiger partial charge on any atom is 0.289 e. The van der Waals surface area contributed by atoms with E-state index in [2.05, 4.69) is 4.98 Å². The first kappa shape index (κ1) is 21.9. The average molecular weight is 481 g/mol. The van der Waals surface area contributed by atoms with Crippen LogP contribution in [-0.2, 0) is 22.8 Å². The molecule has 0 unspecified atom stereocenters. The molecule has 2 aromatic heterocycles. The quantitative estimate of drug-likeness (QED) is 0.504.